The quantitative estimate of drug-likeness (QED) is 0.549. The van der Waals surface area contributed by atoms with Gasteiger partial charge < -0.3 is 16.4 Å². The van der Waals surface area contributed by atoms with Crippen LogP contribution in [0.25, 0.3) is 0 Å². The van der Waals surface area contributed by atoms with E-state index in [0.717, 1.165) is 19.1 Å². The summed E-state index contributed by atoms with van der Waals surface area (Å²) in [5.74, 6) is -0.310. The van der Waals surface area contributed by atoms with Crippen LogP contribution in [-0.4, -0.2) is 39.1 Å². The Morgan fingerprint density at radius 1 is 1.32 bits per heavy atom. The molecule has 0 heterocycles. The van der Waals surface area contributed by atoms with Crippen molar-refractivity contribution in [3.8, 4) is 0 Å². The van der Waals surface area contributed by atoms with Gasteiger partial charge in [-0.05, 0) is 37.0 Å². The summed E-state index contributed by atoms with van der Waals surface area (Å²) in [5, 5.41) is 5.28. The minimum Gasteiger partial charge on any atom is -0.350 e. The summed E-state index contributed by atoms with van der Waals surface area (Å²) >= 11 is 0. The maximum Gasteiger partial charge on any atom is 0.253 e. The minimum atomic E-state index is -3.55. The molecule has 5 N–H and O–H groups in total. The van der Waals surface area contributed by atoms with Gasteiger partial charge in [-0.2, -0.15) is 0 Å². The third-order valence-electron chi connectivity index (χ3n) is 3.61. The van der Waals surface area contributed by atoms with E-state index in [1.807, 2.05) is 0 Å². The van der Waals surface area contributed by atoms with Crippen LogP contribution >= 0.6 is 12.4 Å². The van der Waals surface area contributed by atoms with Crippen molar-refractivity contribution < 1.29 is 18.0 Å². The number of halogens is 1. The largest absolute Gasteiger partial charge is 0.350 e. The zero-order valence-corrected chi connectivity index (χ0v) is 15.7. The summed E-state index contributed by atoms with van der Waals surface area (Å²) in [6.07, 6.45) is 3.13. The van der Waals surface area contributed by atoms with Gasteiger partial charge in [0.1, 0.15) is 0 Å². The van der Waals surface area contributed by atoms with E-state index in [2.05, 4.69) is 15.4 Å². The Hall–Kier alpha value is -1.84. The van der Waals surface area contributed by atoms with Gasteiger partial charge in [-0.3, -0.25) is 14.3 Å². The lowest BCUT2D eigenvalue weighted by Gasteiger charge is -2.15. The van der Waals surface area contributed by atoms with Gasteiger partial charge in [-0.25, -0.2) is 8.42 Å². The molecule has 1 aliphatic carbocycles. The highest BCUT2D eigenvalue weighted by molar-refractivity contribution is 7.92. The molecule has 0 aromatic heterocycles. The molecule has 10 heteroatoms. The van der Waals surface area contributed by atoms with E-state index in [-0.39, 0.29) is 35.6 Å². The van der Waals surface area contributed by atoms with Gasteiger partial charge in [0.2, 0.25) is 15.9 Å². The van der Waals surface area contributed by atoms with Crippen LogP contribution in [0.3, 0.4) is 0 Å². The predicted molar refractivity (Wildman–Crippen MR) is 99.5 cm³/mol. The Morgan fingerprint density at radius 2 is 1.96 bits per heavy atom. The molecular formula is C15H23ClN4O4S. The standard InChI is InChI=1S/C15H22N4O4S.ClH/c1-9(20)18-11-5-6-14(19-24(2,22)23)12(7-11)15(21)17-8-13(16)10-3-4-10;/h5-7,10,13,19H,3-4,8,16H2,1-2H3,(H,17,21)(H,18,20);1H. The first kappa shape index (κ1) is 21.2. The van der Waals surface area contributed by atoms with E-state index in [4.69, 9.17) is 5.73 Å². The number of benzene rings is 1. The summed E-state index contributed by atoms with van der Waals surface area (Å²) in [6.45, 7) is 1.66. The zero-order valence-electron chi connectivity index (χ0n) is 14.0. The van der Waals surface area contributed by atoms with Gasteiger partial charge >= 0.3 is 0 Å². The van der Waals surface area contributed by atoms with Crippen LogP contribution in [0.15, 0.2) is 18.2 Å². The lowest BCUT2D eigenvalue weighted by molar-refractivity contribution is -0.114. The van der Waals surface area contributed by atoms with E-state index in [0.29, 0.717) is 18.2 Å². The van der Waals surface area contributed by atoms with Gasteiger partial charge in [0, 0.05) is 25.2 Å². The molecule has 1 unspecified atom stereocenters. The van der Waals surface area contributed by atoms with Crippen molar-refractivity contribution in [3.63, 3.8) is 0 Å². The number of carbonyl (C=O) groups is 2. The topological polar surface area (TPSA) is 130 Å². The fourth-order valence-electron chi connectivity index (χ4n) is 2.30. The van der Waals surface area contributed by atoms with Crippen molar-refractivity contribution in [2.45, 2.75) is 25.8 Å². The molecule has 25 heavy (non-hydrogen) atoms. The molecule has 0 saturated heterocycles. The molecular weight excluding hydrogens is 368 g/mol. The van der Waals surface area contributed by atoms with Crippen LogP contribution in [0.2, 0.25) is 0 Å². The van der Waals surface area contributed by atoms with E-state index >= 15 is 0 Å². The van der Waals surface area contributed by atoms with Crippen molar-refractivity contribution >= 4 is 45.6 Å². The number of nitrogens with one attached hydrogen (secondary N) is 3. The van der Waals surface area contributed by atoms with E-state index in [9.17, 15) is 18.0 Å². The number of anilines is 2. The molecule has 0 aliphatic heterocycles. The first-order valence-corrected chi connectivity index (χ1v) is 9.48. The normalized spacial score (nSPS) is 14.8. The van der Waals surface area contributed by atoms with Gasteiger partial charge in [-0.15, -0.1) is 12.4 Å². The number of carbonyl (C=O) groups excluding carboxylic acids is 2. The number of hydrogen-bond donors (Lipinski definition) is 4. The Bertz CT molecular complexity index is 750. The van der Waals surface area contributed by atoms with Gasteiger partial charge in [0.05, 0.1) is 17.5 Å². The van der Waals surface area contributed by atoms with Crippen molar-refractivity contribution in [2.24, 2.45) is 11.7 Å². The monoisotopic (exact) mass is 390 g/mol. The number of hydrogen-bond acceptors (Lipinski definition) is 5. The first-order valence-electron chi connectivity index (χ1n) is 7.59. The molecule has 1 aromatic rings. The summed E-state index contributed by atoms with van der Waals surface area (Å²) in [5.41, 5.74) is 6.62. The summed E-state index contributed by atoms with van der Waals surface area (Å²) in [6, 6.07) is 4.26. The number of nitrogens with two attached hydrogens (primary N) is 1. The van der Waals surface area contributed by atoms with Crippen LogP contribution in [0.1, 0.15) is 30.1 Å². The highest BCUT2D eigenvalue weighted by Crippen LogP contribution is 2.31. The smallest absolute Gasteiger partial charge is 0.253 e. The second-order valence-electron chi connectivity index (χ2n) is 6.03. The molecule has 0 spiro atoms. The van der Waals surface area contributed by atoms with Gasteiger partial charge in [0.15, 0.2) is 0 Å². The number of sulfonamides is 1. The molecule has 1 aromatic carbocycles. The van der Waals surface area contributed by atoms with Crippen LogP contribution in [0, 0.1) is 5.92 Å². The number of rotatable bonds is 7. The zero-order chi connectivity index (χ0) is 17.9. The molecule has 8 nitrogen and oxygen atoms in total. The maximum absolute atomic E-state index is 12.4. The second kappa shape index (κ2) is 8.50. The second-order valence-corrected chi connectivity index (χ2v) is 7.78. The fourth-order valence-corrected chi connectivity index (χ4v) is 2.88. The van der Waals surface area contributed by atoms with E-state index < -0.39 is 15.9 Å². The van der Waals surface area contributed by atoms with Crippen LogP contribution in [0.5, 0.6) is 0 Å². The van der Waals surface area contributed by atoms with E-state index in [1.54, 1.807) is 0 Å². The maximum atomic E-state index is 12.4. The molecule has 0 radical (unpaired) electrons. The molecule has 1 fully saturated rings. The van der Waals surface area contributed by atoms with Crippen LogP contribution in [0.4, 0.5) is 11.4 Å². The Morgan fingerprint density at radius 3 is 2.48 bits per heavy atom. The van der Waals surface area contributed by atoms with Gasteiger partial charge in [0.25, 0.3) is 5.91 Å². The van der Waals surface area contributed by atoms with E-state index in [1.165, 1.54) is 25.1 Å². The molecule has 1 aliphatic rings. The molecule has 0 bridgehead atoms. The SMILES string of the molecule is CC(=O)Nc1ccc(NS(C)(=O)=O)c(C(=O)NCC(N)C2CC2)c1.Cl. The first-order chi connectivity index (χ1) is 11.2. The third kappa shape index (κ3) is 6.89. The van der Waals surface area contributed by atoms with Crippen molar-refractivity contribution in [3.05, 3.63) is 23.8 Å². The van der Waals surface area contributed by atoms with Crippen LogP contribution < -0.4 is 21.1 Å². The molecule has 2 rings (SSSR count). The minimum absolute atomic E-state index is 0. The van der Waals surface area contributed by atoms with Crippen molar-refractivity contribution in [1.29, 1.82) is 0 Å². The summed E-state index contributed by atoms with van der Waals surface area (Å²) in [7, 11) is -3.55. The number of amides is 2. The Kier molecular flexibility index (Phi) is 7.21. The Labute approximate surface area is 153 Å². The highest BCUT2D eigenvalue weighted by atomic mass is 35.5. The fraction of sp³-hybridized carbons (Fsp3) is 0.467. The van der Waals surface area contributed by atoms with Gasteiger partial charge in [-0.1, -0.05) is 0 Å². The predicted octanol–water partition coefficient (Wildman–Crippen LogP) is 0.905. The van der Waals surface area contributed by atoms with Crippen molar-refractivity contribution in [2.75, 3.05) is 22.8 Å². The third-order valence-corrected chi connectivity index (χ3v) is 4.20. The Balaban J connectivity index is 0.00000312. The average Bonchev–Trinajstić information content (AvgIpc) is 3.28. The lowest BCUT2D eigenvalue weighted by atomic mass is 10.1. The average molecular weight is 391 g/mol. The van der Waals surface area contributed by atoms with Crippen molar-refractivity contribution in [1.82, 2.24) is 5.32 Å². The summed E-state index contributed by atoms with van der Waals surface area (Å²) < 4.78 is 25.2. The lowest BCUT2D eigenvalue weighted by Crippen LogP contribution is -2.38. The molecule has 1 saturated carbocycles. The highest BCUT2D eigenvalue weighted by Gasteiger charge is 2.28. The molecule has 2 amide bonds. The van der Waals surface area contributed by atoms with Crippen LogP contribution in [-0.2, 0) is 14.8 Å². The molecule has 1 atom stereocenters. The molecule has 140 valence electrons. The summed E-state index contributed by atoms with van der Waals surface area (Å²) in [4.78, 5) is 23.6.